The molecule has 1 aliphatic rings. The van der Waals surface area contributed by atoms with E-state index in [2.05, 4.69) is 5.32 Å². The molecule has 0 aromatic heterocycles. The van der Waals surface area contributed by atoms with Gasteiger partial charge in [-0.3, -0.25) is 0 Å². The number of hydrogen-bond donors (Lipinski definition) is 1. The van der Waals surface area contributed by atoms with Crippen molar-refractivity contribution in [1.29, 1.82) is 0 Å². The zero-order chi connectivity index (χ0) is 10.5. The van der Waals surface area contributed by atoms with E-state index in [1.54, 1.807) is 0 Å². The molecular weight excluding hydrogens is 209 g/mol. The molecular formula is C12H16FNS. The first kappa shape index (κ1) is 11.0. The normalized spacial score (nSPS) is 20.7. The molecule has 82 valence electrons. The fourth-order valence-corrected chi connectivity index (χ4v) is 3.05. The van der Waals surface area contributed by atoms with Crippen LogP contribution in [0.15, 0.2) is 24.3 Å². The highest BCUT2D eigenvalue weighted by Gasteiger charge is 2.14. The summed E-state index contributed by atoms with van der Waals surface area (Å²) >= 11 is 2.04. The van der Waals surface area contributed by atoms with Gasteiger partial charge in [-0.15, -0.1) is 0 Å². The molecule has 1 saturated heterocycles. The lowest BCUT2D eigenvalue weighted by Crippen LogP contribution is -2.22. The van der Waals surface area contributed by atoms with Crippen molar-refractivity contribution in [3.8, 4) is 0 Å². The smallest absolute Gasteiger partial charge is 0.123 e. The van der Waals surface area contributed by atoms with Gasteiger partial charge in [-0.1, -0.05) is 12.1 Å². The first-order chi connectivity index (χ1) is 7.34. The van der Waals surface area contributed by atoms with Gasteiger partial charge in [0, 0.05) is 6.54 Å². The number of rotatable bonds is 4. The lowest BCUT2D eigenvalue weighted by atomic mass is 10.1. The molecule has 3 heteroatoms. The molecule has 1 atom stereocenters. The largest absolute Gasteiger partial charge is 0.312 e. The third kappa shape index (κ3) is 3.50. The molecule has 1 unspecified atom stereocenters. The number of halogens is 1. The zero-order valence-corrected chi connectivity index (χ0v) is 9.52. The Bertz CT molecular complexity index is 293. The van der Waals surface area contributed by atoms with Gasteiger partial charge in [0.15, 0.2) is 0 Å². The minimum atomic E-state index is -0.161. The lowest BCUT2D eigenvalue weighted by molar-refractivity contribution is 0.523. The Morgan fingerprint density at radius 1 is 1.33 bits per heavy atom. The standard InChI is InChI=1S/C12H16FNS/c13-12-3-1-10(2-4-12)7-14-8-11-5-6-15-9-11/h1-4,11,14H,5-9H2. The van der Waals surface area contributed by atoms with Gasteiger partial charge in [-0.05, 0) is 48.1 Å². The number of benzene rings is 1. The third-order valence-electron chi connectivity index (χ3n) is 2.70. The molecule has 1 fully saturated rings. The summed E-state index contributed by atoms with van der Waals surface area (Å²) < 4.78 is 12.6. The second-order valence-electron chi connectivity index (χ2n) is 3.99. The van der Waals surface area contributed by atoms with Crippen LogP contribution in [0.2, 0.25) is 0 Å². The van der Waals surface area contributed by atoms with Crippen LogP contribution in [0, 0.1) is 11.7 Å². The Kier molecular flexibility index (Phi) is 4.03. The number of thioether (sulfide) groups is 1. The van der Waals surface area contributed by atoms with Crippen molar-refractivity contribution in [3.63, 3.8) is 0 Å². The van der Waals surface area contributed by atoms with Crippen molar-refractivity contribution in [3.05, 3.63) is 35.6 Å². The van der Waals surface area contributed by atoms with E-state index in [1.165, 1.54) is 30.1 Å². The first-order valence-electron chi connectivity index (χ1n) is 5.37. The lowest BCUT2D eigenvalue weighted by Gasteiger charge is -2.09. The summed E-state index contributed by atoms with van der Waals surface area (Å²) in [7, 11) is 0. The molecule has 1 aliphatic heterocycles. The summed E-state index contributed by atoms with van der Waals surface area (Å²) in [6.45, 7) is 1.94. The van der Waals surface area contributed by atoms with Crippen molar-refractivity contribution < 1.29 is 4.39 Å². The topological polar surface area (TPSA) is 12.0 Å². The molecule has 1 nitrogen and oxygen atoms in total. The SMILES string of the molecule is Fc1ccc(CNCC2CCSC2)cc1. The van der Waals surface area contributed by atoms with Crippen molar-refractivity contribution in [2.75, 3.05) is 18.1 Å². The summed E-state index contributed by atoms with van der Waals surface area (Å²) in [5.41, 5.74) is 1.15. The third-order valence-corrected chi connectivity index (χ3v) is 3.93. The highest BCUT2D eigenvalue weighted by molar-refractivity contribution is 7.99. The minimum absolute atomic E-state index is 0.161. The molecule has 0 bridgehead atoms. The molecule has 0 radical (unpaired) electrons. The van der Waals surface area contributed by atoms with E-state index in [-0.39, 0.29) is 5.82 Å². The molecule has 1 aromatic rings. The van der Waals surface area contributed by atoms with E-state index < -0.39 is 0 Å². The molecule has 0 saturated carbocycles. The van der Waals surface area contributed by atoms with Crippen molar-refractivity contribution in [1.82, 2.24) is 5.32 Å². The molecule has 1 N–H and O–H groups in total. The van der Waals surface area contributed by atoms with Gasteiger partial charge < -0.3 is 5.32 Å². The van der Waals surface area contributed by atoms with E-state index in [0.717, 1.165) is 24.6 Å². The maximum Gasteiger partial charge on any atom is 0.123 e. The monoisotopic (exact) mass is 225 g/mol. The molecule has 0 amide bonds. The molecule has 15 heavy (non-hydrogen) atoms. The number of nitrogens with one attached hydrogen (secondary N) is 1. The van der Waals surface area contributed by atoms with Crippen molar-refractivity contribution in [2.24, 2.45) is 5.92 Å². The quantitative estimate of drug-likeness (QED) is 0.845. The van der Waals surface area contributed by atoms with Gasteiger partial charge in [0.05, 0.1) is 0 Å². The van der Waals surface area contributed by atoms with Crippen LogP contribution in [0.1, 0.15) is 12.0 Å². The maximum absolute atomic E-state index is 12.6. The molecule has 1 aromatic carbocycles. The van der Waals surface area contributed by atoms with Gasteiger partial charge in [-0.2, -0.15) is 11.8 Å². The van der Waals surface area contributed by atoms with Gasteiger partial charge >= 0.3 is 0 Å². The van der Waals surface area contributed by atoms with E-state index in [0.29, 0.717) is 0 Å². The highest BCUT2D eigenvalue weighted by Crippen LogP contribution is 2.22. The van der Waals surface area contributed by atoms with Gasteiger partial charge in [0.2, 0.25) is 0 Å². The Balaban J connectivity index is 1.71. The van der Waals surface area contributed by atoms with Crippen LogP contribution in [0.4, 0.5) is 4.39 Å². The Labute approximate surface area is 94.5 Å². The van der Waals surface area contributed by atoms with Crippen LogP contribution < -0.4 is 5.32 Å². The summed E-state index contributed by atoms with van der Waals surface area (Å²) in [5, 5.41) is 3.43. The van der Waals surface area contributed by atoms with Gasteiger partial charge in [0.25, 0.3) is 0 Å². The average molecular weight is 225 g/mol. The van der Waals surface area contributed by atoms with Gasteiger partial charge in [-0.25, -0.2) is 4.39 Å². The highest BCUT2D eigenvalue weighted by atomic mass is 32.2. The summed E-state index contributed by atoms with van der Waals surface area (Å²) in [4.78, 5) is 0. The van der Waals surface area contributed by atoms with Crippen LogP contribution in [-0.2, 0) is 6.54 Å². The van der Waals surface area contributed by atoms with Crippen molar-refractivity contribution >= 4 is 11.8 Å². The second kappa shape index (κ2) is 5.52. The minimum Gasteiger partial charge on any atom is -0.312 e. The van der Waals surface area contributed by atoms with E-state index in [9.17, 15) is 4.39 Å². The molecule has 0 spiro atoms. The summed E-state index contributed by atoms with van der Waals surface area (Å²) in [6.07, 6.45) is 1.33. The fourth-order valence-electron chi connectivity index (χ4n) is 1.77. The van der Waals surface area contributed by atoms with Crippen LogP contribution >= 0.6 is 11.8 Å². The maximum atomic E-state index is 12.6. The number of hydrogen-bond acceptors (Lipinski definition) is 2. The molecule has 0 aliphatic carbocycles. The Morgan fingerprint density at radius 3 is 2.80 bits per heavy atom. The average Bonchev–Trinajstić information content (AvgIpc) is 2.74. The first-order valence-corrected chi connectivity index (χ1v) is 6.53. The summed E-state index contributed by atoms with van der Waals surface area (Å²) in [5.74, 6) is 3.26. The van der Waals surface area contributed by atoms with Crippen molar-refractivity contribution in [2.45, 2.75) is 13.0 Å². The fraction of sp³-hybridized carbons (Fsp3) is 0.500. The van der Waals surface area contributed by atoms with E-state index in [1.807, 2.05) is 23.9 Å². The Hall–Kier alpha value is -0.540. The van der Waals surface area contributed by atoms with Crippen LogP contribution in [0.25, 0.3) is 0 Å². The van der Waals surface area contributed by atoms with Crippen LogP contribution in [-0.4, -0.2) is 18.1 Å². The van der Waals surface area contributed by atoms with E-state index >= 15 is 0 Å². The Morgan fingerprint density at radius 2 is 2.13 bits per heavy atom. The zero-order valence-electron chi connectivity index (χ0n) is 8.71. The molecule has 1 heterocycles. The summed E-state index contributed by atoms with van der Waals surface area (Å²) in [6, 6.07) is 6.71. The van der Waals surface area contributed by atoms with E-state index in [4.69, 9.17) is 0 Å². The second-order valence-corrected chi connectivity index (χ2v) is 5.14. The predicted octanol–water partition coefficient (Wildman–Crippen LogP) is 2.67. The molecule has 2 rings (SSSR count). The van der Waals surface area contributed by atoms with Crippen LogP contribution in [0.3, 0.4) is 0 Å². The van der Waals surface area contributed by atoms with Gasteiger partial charge in [0.1, 0.15) is 5.82 Å². The predicted molar refractivity (Wildman–Crippen MR) is 63.5 cm³/mol. The van der Waals surface area contributed by atoms with Crippen LogP contribution in [0.5, 0.6) is 0 Å².